The Morgan fingerprint density at radius 2 is 1.36 bits per heavy atom. The maximum absolute atomic E-state index is 8.29. The van der Waals surface area contributed by atoms with E-state index in [4.69, 9.17) is 10.2 Å². The van der Waals surface area contributed by atoms with E-state index in [1.54, 1.807) is 14.1 Å². The molecule has 0 unspecified atom stereocenters. The molecule has 0 aromatic heterocycles. The molecule has 0 bridgehead atoms. The molecule has 0 aliphatic carbocycles. The van der Waals surface area contributed by atoms with Crippen LogP contribution in [0.3, 0.4) is 0 Å². The SMILES string of the molecule is CN(C)C(O)=S.NC(O)=S.[BiH3]. The van der Waals surface area contributed by atoms with Gasteiger partial charge in [-0.25, -0.2) is 0 Å². The van der Waals surface area contributed by atoms with Gasteiger partial charge in [-0.15, -0.1) is 0 Å². The van der Waals surface area contributed by atoms with Crippen LogP contribution in [0, 0.1) is 0 Å². The molecule has 0 amide bonds. The molecule has 4 nitrogen and oxygen atoms in total. The predicted molar refractivity (Wildman–Crippen MR) is 58.3 cm³/mol. The van der Waals surface area contributed by atoms with E-state index < -0.39 is 5.17 Å². The second-order valence-electron chi connectivity index (χ2n) is 1.52. The molecule has 0 aliphatic heterocycles. The Hall–Kier alpha value is 0.263. The fraction of sp³-hybridized carbons (Fsp3) is 0.500. The second-order valence-corrected chi connectivity index (χ2v) is 2.30. The molecule has 0 aromatic carbocycles. The van der Waals surface area contributed by atoms with Crippen molar-refractivity contribution in [2.24, 2.45) is 5.73 Å². The molecular formula is C4H13BiN2O2S2. The number of hydrogen-bond donors (Lipinski definition) is 3. The van der Waals surface area contributed by atoms with Crippen molar-refractivity contribution in [1.29, 1.82) is 0 Å². The molecular weight excluding hydrogens is 381 g/mol. The van der Waals surface area contributed by atoms with Gasteiger partial charge in [0.15, 0.2) is 0 Å². The van der Waals surface area contributed by atoms with E-state index in [1.165, 1.54) is 4.90 Å². The summed E-state index contributed by atoms with van der Waals surface area (Å²) in [5.74, 6) is 0. The standard InChI is InChI=1S/C3H7NOS.CH3NOS.Bi.3H/c1-4(2)3(5)6;2-1(3)4;;;;/h1-2H3,(H,5,6);(H3,2,3,4);;;;. The van der Waals surface area contributed by atoms with E-state index in [1.807, 2.05) is 0 Å². The Kier molecular flexibility index (Phi) is 16.2. The molecule has 0 aliphatic rings. The Morgan fingerprint density at radius 1 is 1.27 bits per heavy atom. The van der Waals surface area contributed by atoms with Crippen LogP contribution in [0.5, 0.6) is 0 Å². The third-order valence-electron chi connectivity index (χ3n) is 0.383. The van der Waals surface area contributed by atoms with Gasteiger partial charge >= 0.3 is 26.2 Å². The number of thiocarbonyl (C=S) groups is 2. The van der Waals surface area contributed by atoms with Crippen LogP contribution in [0.2, 0.25) is 0 Å². The zero-order chi connectivity index (χ0) is 8.73. The molecule has 0 spiro atoms. The van der Waals surface area contributed by atoms with Crippen molar-refractivity contribution in [2.45, 2.75) is 0 Å². The van der Waals surface area contributed by atoms with Crippen molar-refractivity contribution < 1.29 is 10.2 Å². The molecule has 0 fully saturated rings. The van der Waals surface area contributed by atoms with Gasteiger partial charge in [0.2, 0.25) is 0 Å². The van der Waals surface area contributed by atoms with Crippen LogP contribution in [0.25, 0.3) is 0 Å². The Morgan fingerprint density at radius 3 is 1.36 bits per heavy atom. The molecule has 0 radical (unpaired) electrons. The summed E-state index contributed by atoms with van der Waals surface area (Å²) in [5, 5.41) is 15.3. The third-order valence-corrected chi connectivity index (χ3v) is 0.748. The summed E-state index contributed by atoms with van der Waals surface area (Å²) in [6, 6.07) is 0. The fourth-order valence-electron chi connectivity index (χ4n) is 0. The van der Waals surface area contributed by atoms with E-state index in [-0.39, 0.29) is 31.4 Å². The summed E-state index contributed by atoms with van der Waals surface area (Å²) in [6.45, 7) is 0. The summed E-state index contributed by atoms with van der Waals surface area (Å²) in [6.07, 6.45) is 0. The molecule has 7 heteroatoms. The Balaban J connectivity index is -0.000000114. The summed E-state index contributed by atoms with van der Waals surface area (Å²) in [7, 11) is 3.37. The minimum absolute atomic E-state index is 0. The zero-order valence-corrected chi connectivity index (χ0v) is 13.6. The van der Waals surface area contributed by atoms with E-state index in [9.17, 15) is 0 Å². The first-order valence-corrected chi connectivity index (χ1v) is 3.08. The van der Waals surface area contributed by atoms with Crippen molar-refractivity contribution in [3.8, 4) is 0 Å². The van der Waals surface area contributed by atoms with E-state index in [0.29, 0.717) is 0 Å². The second kappa shape index (κ2) is 10.3. The van der Waals surface area contributed by atoms with Crippen LogP contribution in [0.4, 0.5) is 0 Å². The number of aliphatic hydroxyl groups excluding tert-OH is 2. The topological polar surface area (TPSA) is 69.7 Å². The zero-order valence-electron chi connectivity index (χ0n) is 6.44. The van der Waals surface area contributed by atoms with E-state index in [2.05, 4.69) is 30.2 Å². The third kappa shape index (κ3) is 38.6. The van der Waals surface area contributed by atoms with Gasteiger partial charge in [-0.3, -0.25) is 0 Å². The van der Waals surface area contributed by atoms with E-state index in [0.717, 1.165) is 0 Å². The van der Waals surface area contributed by atoms with Crippen molar-refractivity contribution in [1.82, 2.24) is 4.90 Å². The van der Waals surface area contributed by atoms with Gasteiger partial charge in [0.05, 0.1) is 0 Å². The normalized spacial score (nSPS) is 6.36. The Labute approximate surface area is 95.5 Å². The molecule has 0 saturated carbocycles. The van der Waals surface area contributed by atoms with Gasteiger partial charge in [-0.05, 0) is 24.4 Å². The van der Waals surface area contributed by atoms with Gasteiger partial charge in [-0.2, -0.15) is 0 Å². The molecule has 4 N–H and O–H groups in total. The summed E-state index contributed by atoms with van der Waals surface area (Å²) in [4.78, 5) is 1.45. The number of rotatable bonds is 0. The molecule has 0 heterocycles. The van der Waals surface area contributed by atoms with Gasteiger partial charge in [0.1, 0.15) is 0 Å². The number of nitrogens with zero attached hydrogens (tertiary/aromatic N) is 1. The van der Waals surface area contributed by atoms with Crippen LogP contribution in [0.15, 0.2) is 0 Å². The fourth-order valence-corrected chi connectivity index (χ4v) is 0. The summed E-state index contributed by atoms with van der Waals surface area (Å²) in [5.41, 5.74) is 4.40. The van der Waals surface area contributed by atoms with Gasteiger partial charge < -0.3 is 20.8 Å². The average molecular weight is 394 g/mol. The van der Waals surface area contributed by atoms with Crippen molar-refractivity contribution in [2.75, 3.05) is 14.1 Å². The predicted octanol–water partition coefficient (Wildman–Crippen LogP) is -1.00. The molecule has 68 valence electrons. The van der Waals surface area contributed by atoms with Gasteiger partial charge in [0, 0.05) is 14.1 Å². The van der Waals surface area contributed by atoms with Crippen LogP contribution in [-0.4, -0.2) is 65.8 Å². The minimum atomic E-state index is -0.500. The molecule has 0 rings (SSSR count). The summed E-state index contributed by atoms with van der Waals surface area (Å²) >= 11 is 8.17. The van der Waals surface area contributed by atoms with Crippen LogP contribution < -0.4 is 5.73 Å². The number of nitrogens with two attached hydrogens (primary N) is 1. The van der Waals surface area contributed by atoms with Crippen molar-refractivity contribution >= 4 is 61.0 Å². The van der Waals surface area contributed by atoms with Gasteiger partial charge in [0.25, 0.3) is 10.3 Å². The molecule has 0 aromatic rings. The van der Waals surface area contributed by atoms with E-state index >= 15 is 0 Å². The quantitative estimate of drug-likeness (QED) is 0.362. The van der Waals surface area contributed by atoms with Crippen LogP contribution in [0.1, 0.15) is 0 Å². The van der Waals surface area contributed by atoms with Crippen LogP contribution in [-0.2, 0) is 0 Å². The van der Waals surface area contributed by atoms with Gasteiger partial charge in [-0.1, -0.05) is 0 Å². The molecule has 0 saturated heterocycles. The first kappa shape index (κ1) is 17.4. The van der Waals surface area contributed by atoms with Crippen LogP contribution >= 0.6 is 24.4 Å². The first-order chi connectivity index (χ1) is 4.37. The summed E-state index contributed by atoms with van der Waals surface area (Å²) < 4.78 is 0. The average Bonchev–Trinajstić information content (AvgIpc) is 1.63. The van der Waals surface area contributed by atoms with Crippen molar-refractivity contribution in [3.63, 3.8) is 0 Å². The molecule has 0 atom stereocenters. The number of aliphatic hydroxyl groups is 2. The number of hydrogen-bond acceptors (Lipinski definition) is 2. The monoisotopic (exact) mass is 394 g/mol. The maximum atomic E-state index is 8.29. The molecule has 11 heavy (non-hydrogen) atoms. The van der Waals surface area contributed by atoms with Crippen molar-refractivity contribution in [3.05, 3.63) is 0 Å². The Bertz CT molecular complexity index is 127. The first-order valence-electron chi connectivity index (χ1n) is 2.26.